The van der Waals surface area contributed by atoms with Gasteiger partial charge in [-0.25, -0.2) is 14.8 Å². The first-order chi connectivity index (χ1) is 8.08. The average molecular weight is 229 g/mol. The van der Waals surface area contributed by atoms with Crippen LogP contribution in [0.2, 0.25) is 0 Å². The number of pyridine rings is 1. The molecule has 17 heavy (non-hydrogen) atoms. The Labute approximate surface area is 98.2 Å². The minimum Gasteiger partial charge on any atom is -0.478 e. The quantitative estimate of drug-likeness (QED) is 0.850. The van der Waals surface area contributed by atoms with Crippen LogP contribution in [0.25, 0.3) is 11.5 Å². The second-order valence-electron chi connectivity index (χ2n) is 3.72. The predicted octanol–water partition coefficient (Wildman–Crippen LogP) is 1.85. The lowest BCUT2D eigenvalue weighted by Crippen LogP contribution is -2.04. The van der Waals surface area contributed by atoms with Crippen molar-refractivity contribution in [2.24, 2.45) is 0 Å². The highest BCUT2D eigenvalue weighted by atomic mass is 16.4. The van der Waals surface area contributed by atoms with E-state index in [1.165, 1.54) is 6.20 Å². The number of carboxylic acids is 1. The van der Waals surface area contributed by atoms with E-state index in [-0.39, 0.29) is 5.56 Å². The van der Waals surface area contributed by atoms with E-state index in [4.69, 9.17) is 5.11 Å². The third-order valence-corrected chi connectivity index (χ3v) is 2.35. The van der Waals surface area contributed by atoms with Crippen LogP contribution in [-0.2, 0) is 0 Å². The Morgan fingerprint density at radius 2 is 2.06 bits per heavy atom. The summed E-state index contributed by atoms with van der Waals surface area (Å²) in [6.45, 7) is 3.59. The van der Waals surface area contributed by atoms with Crippen LogP contribution in [0, 0.1) is 13.8 Å². The maximum atomic E-state index is 10.8. The molecule has 5 nitrogen and oxygen atoms in total. The van der Waals surface area contributed by atoms with Crippen LogP contribution < -0.4 is 0 Å². The zero-order chi connectivity index (χ0) is 12.4. The van der Waals surface area contributed by atoms with E-state index in [1.54, 1.807) is 13.1 Å². The number of carbonyl (C=O) groups is 1. The summed E-state index contributed by atoms with van der Waals surface area (Å²) >= 11 is 0. The van der Waals surface area contributed by atoms with Gasteiger partial charge in [0.05, 0.1) is 11.3 Å². The van der Waals surface area contributed by atoms with Crippen molar-refractivity contribution < 1.29 is 9.90 Å². The van der Waals surface area contributed by atoms with Crippen LogP contribution in [0.4, 0.5) is 0 Å². The largest absolute Gasteiger partial charge is 0.478 e. The lowest BCUT2D eigenvalue weighted by Gasteiger charge is -2.03. The number of nitrogens with zero attached hydrogens (tertiary/aromatic N) is 3. The number of aryl methyl sites for hydroxylation is 2. The lowest BCUT2D eigenvalue weighted by molar-refractivity contribution is 0.0695. The molecule has 0 radical (unpaired) electrons. The smallest absolute Gasteiger partial charge is 0.339 e. The van der Waals surface area contributed by atoms with Crippen molar-refractivity contribution in [3.05, 3.63) is 41.3 Å². The summed E-state index contributed by atoms with van der Waals surface area (Å²) in [5.74, 6) is -0.581. The molecule has 0 aliphatic rings. The van der Waals surface area contributed by atoms with Crippen LogP contribution in [0.15, 0.2) is 24.5 Å². The summed E-state index contributed by atoms with van der Waals surface area (Å²) in [7, 11) is 0. The molecule has 2 heterocycles. The molecule has 0 aliphatic carbocycles. The number of hydrogen-bond donors (Lipinski definition) is 1. The van der Waals surface area contributed by atoms with E-state index in [1.807, 2.05) is 19.1 Å². The number of hydrogen-bond acceptors (Lipinski definition) is 4. The molecule has 0 bridgehead atoms. The minimum absolute atomic E-state index is 0.112. The molecule has 1 N–H and O–H groups in total. The topological polar surface area (TPSA) is 76.0 Å². The maximum absolute atomic E-state index is 10.8. The van der Waals surface area contributed by atoms with Crippen molar-refractivity contribution in [2.45, 2.75) is 13.8 Å². The van der Waals surface area contributed by atoms with E-state index < -0.39 is 5.97 Å². The third-order valence-electron chi connectivity index (χ3n) is 2.35. The second kappa shape index (κ2) is 4.29. The van der Waals surface area contributed by atoms with Crippen molar-refractivity contribution >= 4 is 5.97 Å². The maximum Gasteiger partial charge on any atom is 0.339 e. The Morgan fingerprint density at radius 3 is 2.65 bits per heavy atom. The number of rotatable bonds is 2. The van der Waals surface area contributed by atoms with Crippen LogP contribution in [0.3, 0.4) is 0 Å². The minimum atomic E-state index is -1.02. The fourth-order valence-corrected chi connectivity index (χ4v) is 1.46. The van der Waals surface area contributed by atoms with Gasteiger partial charge in [0.2, 0.25) is 0 Å². The summed E-state index contributed by atoms with van der Waals surface area (Å²) in [6, 6.07) is 3.73. The fraction of sp³-hybridized carbons (Fsp3) is 0.167. The summed E-state index contributed by atoms with van der Waals surface area (Å²) in [4.78, 5) is 23.2. The standard InChI is InChI=1S/C12H11N3O2/c1-7-3-4-13-10(5-7)11-14-6-9(12(16)17)8(2)15-11/h3-6H,1-2H3,(H,16,17). The highest BCUT2D eigenvalue weighted by molar-refractivity contribution is 5.88. The SMILES string of the molecule is Cc1ccnc(-c2ncc(C(=O)O)c(C)n2)c1. The number of carboxylic acid groups (broad SMARTS) is 1. The van der Waals surface area contributed by atoms with E-state index >= 15 is 0 Å². The first-order valence-electron chi connectivity index (χ1n) is 5.08. The van der Waals surface area contributed by atoms with Crippen molar-refractivity contribution in [2.75, 3.05) is 0 Å². The normalized spacial score (nSPS) is 10.2. The van der Waals surface area contributed by atoms with E-state index in [0.717, 1.165) is 5.56 Å². The zero-order valence-electron chi connectivity index (χ0n) is 9.51. The summed E-state index contributed by atoms with van der Waals surface area (Å²) in [6.07, 6.45) is 2.98. The third kappa shape index (κ3) is 2.28. The van der Waals surface area contributed by atoms with Gasteiger partial charge in [-0.3, -0.25) is 4.98 Å². The van der Waals surface area contributed by atoms with Gasteiger partial charge in [-0.2, -0.15) is 0 Å². The van der Waals surface area contributed by atoms with Gasteiger partial charge in [0, 0.05) is 12.4 Å². The molecular formula is C12H11N3O2. The molecule has 0 fully saturated rings. The van der Waals surface area contributed by atoms with Crippen molar-refractivity contribution in [3.8, 4) is 11.5 Å². The summed E-state index contributed by atoms with van der Waals surface area (Å²) < 4.78 is 0. The predicted molar refractivity (Wildman–Crippen MR) is 61.7 cm³/mol. The van der Waals surface area contributed by atoms with Gasteiger partial charge in [0.1, 0.15) is 5.69 Å². The molecule has 0 aromatic carbocycles. The monoisotopic (exact) mass is 229 g/mol. The Bertz CT molecular complexity index is 582. The fourth-order valence-electron chi connectivity index (χ4n) is 1.46. The highest BCUT2D eigenvalue weighted by Gasteiger charge is 2.11. The molecule has 0 aliphatic heterocycles. The molecule has 2 aromatic heterocycles. The Kier molecular flexibility index (Phi) is 2.82. The second-order valence-corrected chi connectivity index (χ2v) is 3.72. The van der Waals surface area contributed by atoms with E-state index in [2.05, 4.69) is 15.0 Å². The van der Waals surface area contributed by atoms with Crippen LogP contribution in [0.1, 0.15) is 21.6 Å². The molecule has 0 amide bonds. The highest BCUT2D eigenvalue weighted by Crippen LogP contribution is 2.14. The summed E-state index contributed by atoms with van der Waals surface area (Å²) in [5.41, 5.74) is 2.25. The first-order valence-corrected chi connectivity index (χ1v) is 5.08. The molecule has 2 aromatic rings. The number of aromatic carboxylic acids is 1. The zero-order valence-corrected chi connectivity index (χ0v) is 9.51. The van der Waals surface area contributed by atoms with Gasteiger partial charge in [-0.15, -0.1) is 0 Å². The molecule has 0 unspecified atom stereocenters. The molecule has 0 saturated heterocycles. The van der Waals surface area contributed by atoms with Gasteiger partial charge in [-0.05, 0) is 31.5 Å². The average Bonchev–Trinajstić information content (AvgIpc) is 2.28. The van der Waals surface area contributed by atoms with Gasteiger partial charge >= 0.3 is 5.97 Å². The molecule has 5 heteroatoms. The van der Waals surface area contributed by atoms with Crippen LogP contribution in [0.5, 0.6) is 0 Å². The molecule has 0 spiro atoms. The Balaban J connectivity index is 2.48. The van der Waals surface area contributed by atoms with Crippen molar-refractivity contribution in [1.82, 2.24) is 15.0 Å². The van der Waals surface area contributed by atoms with Crippen molar-refractivity contribution in [3.63, 3.8) is 0 Å². The van der Waals surface area contributed by atoms with E-state index in [9.17, 15) is 4.79 Å². The number of aromatic nitrogens is 3. The van der Waals surface area contributed by atoms with E-state index in [0.29, 0.717) is 17.2 Å². The van der Waals surface area contributed by atoms with Gasteiger partial charge < -0.3 is 5.11 Å². The molecule has 0 atom stereocenters. The molecule has 86 valence electrons. The Hall–Kier alpha value is -2.30. The Morgan fingerprint density at radius 1 is 1.29 bits per heavy atom. The first kappa shape index (κ1) is 11.2. The molecule has 0 saturated carbocycles. The van der Waals surface area contributed by atoms with Gasteiger partial charge in [0.25, 0.3) is 0 Å². The molecular weight excluding hydrogens is 218 g/mol. The summed E-state index contributed by atoms with van der Waals surface area (Å²) in [5, 5.41) is 8.88. The van der Waals surface area contributed by atoms with Crippen molar-refractivity contribution in [1.29, 1.82) is 0 Å². The van der Waals surface area contributed by atoms with Gasteiger partial charge in [0.15, 0.2) is 5.82 Å². The molecule has 2 rings (SSSR count). The van der Waals surface area contributed by atoms with Gasteiger partial charge in [-0.1, -0.05) is 0 Å². The van der Waals surface area contributed by atoms with Crippen LogP contribution >= 0.6 is 0 Å². The lowest BCUT2D eigenvalue weighted by atomic mass is 10.2. The van der Waals surface area contributed by atoms with Crippen LogP contribution in [-0.4, -0.2) is 26.0 Å².